The minimum absolute atomic E-state index is 0.149. The largest absolute Gasteiger partial charge is 0.508 e. The highest BCUT2D eigenvalue weighted by Crippen LogP contribution is 2.32. The van der Waals surface area contributed by atoms with Crippen molar-refractivity contribution >= 4 is 53.2 Å². The highest BCUT2D eigenvalue weighted by atomic mass is 16.4. The smallest absolute Gasteiger partial charge is 0.338 e. The van der Waals surface area contributed by atoms with Gasteiger partial charge in [-0.1, -0.05) is 26.0 Å². The molecule has 0 aliphatic carbocycles. The number of imide groups is 1. The maximum atomic E-state index is 14.1. The summed E-state index contributed by atoms with van der Waals surface area (Å²) in [5.74, 6) is -10.2. The third-order valence-corrected chi connectivity index (χ3v) is 9.03. The summed E-state index contributed by atoms with van der Waals surface area (Å²) < 4.78 is 0. The first-order chi connectivity index (χ1) is 24.4. The zero-order chi connectivity index (χ0) is 38.9. The number of carbonyl (C=O) groups excluding carboxylic acids is 6. The van der Waals surface area contributed by atoms with Gasteiger partial charge in [-0.2, -0.15) is 0 Å². The molecule has 19 nitrogen and oxygen atoms in total. The normalized spacial score (nSPS) is 20.5. The Hall–Kier alpha value is -5.59. The first-order valence-electron chi connectivity index (χ1n) is 16.8. The number of guanidine groups is 1. The fourth-order valence-electron chi connectivity index (χ4n) is 6.31. The molecule has 2 aliphatic heterocycles. The predicted octanol–water partition coefficient (Wildman–Crippen LogP) is -1.84. The maximum absolute atomic E-state index is 14.1. The van der Waals surface area contributed by atoms with Gasteiger partial charge in [0.15, 0.2) is 11.7 Å². The zero-order valence-electron chi connectivity index (χ0n) is 28.9. The highest BCUT2D eigenvalue weighted by molar-refractivity contribution is 6.19. The summed E-state index contributed by atoms with van der Waals surface area (Å²) in [7, 11) is 0. The number of likely N-dealkylation sites (tertiary alicyclic amines) is 2. The second-order valence-corrected chi connectivity index (χ2v) is 13.2. The lowest BCUT2D eigenvalue weighted by atomic mass is 9.79. The lowest BCUT2D eigenvalue weighted by Gasteiger charge is -2.43. The minimum Gasteiger partial charge on any atom is -0.508 e. The summed E-state index contributed by atoms with van der Waals surface area (Å²) in [5.41, 5.74) is 8.83. The molecule has 19 heteroatoms. The van der Waals surface area contributed by atoms with Gasteiger partial charge in [0.2, 0.25) is 29.2 Å². The number of amides is 5. The van der Waals surface area contributed by atoms with Gasteiger partial charge in [-0.3, -0.25) is 43.9 Å². The van der Waals surface area contributed by atoms with Gasteiger partial charge < -0.3 is 47.6 Å². The van der Waals surface area contributed by atoms with Gasteiger partial charge in [-0.05, 0) is 49.3 Å². The van der Waals surface area contributed by atoms with Crippen molar-refractivity contribution < 1.29 is 53.7 Å². The number of nitrogens with one attached hydrogen (secondary N) is 4. The first kappa shape index (κ1) is 40.8. The molecule has 284 valence electrons. The van der Waals surface area contributed by atoms with Gasteiger partial charge >= 0.3 is 11.9 Å². The Bertz CT molecular complexity index is 1580. The van der Waals surface area contributed by atoms with Gasteiger partial charge in [0, 0.05) is 32.4 Å². The number of aromatic hydroxyl groups is 1. The topological polar surface area (TPSA) is 316 Å². The Morgan fingerprint density at radius 3 is 2.25 bits per heavy atom. The van der Waals surface area contributed by atoms with Crippen molar-refractivity contribution in [2.75, 3.05) is 13.1 Å². The fourth-order valence-corrected chi connectivity index (χ4v) is 6.31. The van der Waals surface area contributed by atoms with Crippen molar-refractivity contribution in [1.29, 1.82) is 5.41 Å². The number of carbonyl (C=O) groups is 8. The molecule has 0 bridgehead atoms. The van der Waals surface area contributed by atoms with Crippen LogP contribution in [-0.2, 0) is 44.8 Å². The SMILES string of the molecule is CC(C)[C@H](NC(=O)[C@H](CC(=O)O)NC(=O)[C@@H]1CCCN1C(=O)[C@@H](N)CCCNC(=N)N)C(=O)N1C(=O)CCC(=O)[C@]1(Cc1ccc(O)cc1)C(=O)O. The molecule has 0 saturated carbocycles. The average Bonchev–Trinajstić information content (AvgIpc) is 3.57. The molecule has 52 heavy (non-hydrogen) atoms. The number of phenolic OH excluding ortho intramolecular Hbond substituents is 1. The van der Waals surface area contributed by atoms with E-state index in [-0.39, 0.29) is 36.7 Å². The number of nitrogens with zero attached hydrogens (tertiary/aromatic N) is 2. The van der Waals surface area contributed by atoms with E-state index in [0.29, 0.717) is 24.3 Å². The van der Waals surface area contributed by atoms with Crippen molar-refractivity contribution in [1.82, 2.24) is 25.8 Å². The summed E-state index contributed by atoms with van der Waals surface area (Å²) >= 11 is 0. The molecule has 0 radical (unpaired) electrons. The fraction of sp³-hybridized carbons (Fsp3) is 0.545. The monoisotopic (exact) mass is 730 g/mol. The highest BCUT2D eigenvalue weighted by Gasteiger charge is 2.59. The maximum Gasteiger partial charge on any atom is 0.338 e. The van der Waals surface area contributed by atoms with Crippen LogP contribution in [-0.4, -0.2) is 121 Å². The Kier molecular flexibility index (Phi) is 13.8. The third kappa shape index (κ3) is 9.59. The van der Waals surface area contributed by atoms with Crippen LogP contribution in [0.5, 0.6) is 5.75 Å². The van der Waals surface area contributed by atoms with Gasteiger partial charge in [-0.15, -0.1) is 0 Å². The molecule has 2 fully saturated rings. The van der Waals surface area contributed by atoms with E-state index in [4.69, 9.17) is 16.9 Å². The Morgan fingerprint density at radius 2 is 1.67 bits per heavy atom. The van der Waals surface area contributed by atoms with E-state index in [0.717, 1.165) is 0 Å². The van der Waals surface area contributed by atoms with Crippen LogP contribution in [0, 0.1) is 11.3 Å². The van der Waals surface area contributed by atoms with Crippen LogP contribution in [0.2, 0.25) is 0 Å². The van der Waals surface area contributed by atoms with Gasteiger partial charge in [0.25, 0.3) is 5.91 Å². The zero-order valence-corrected chi connectivity index (χ0v) is 28.9. The number of hydrogen-bond donors (Lipinski definition) is 9. The molecule has 5 amide bonds. The number of carboxylic acids is 2. The van der Waals surface area contributed by atoms with Crippen LogP contribution in [0.3, 0.4) is 0 Å². The van der Waals surface area contributed by atoms with E-state index in [2.05, 4.69) is 16.0 Å². The van der Waals surface area contributed by atoms with E-state index < -0.39 is 109 Å². The lowest BCUT2D eigenvalue weighted by Crippen LogP contribution is -2.71. The van der Waals surface area contributed by atoms with Gasteiger partial charge in [0.1, 0.15) is 23.9 Å². The number of Topliss-reactive ketones (excluding diaryl/α,β-unsaturated/α-hetero) is 1. The molecule has 0 aromatic heterocycles. The van der Waals surface area contributed by atoms with Crippen molar-refractivity contribution in [2.45, 2.75) is 94.9 Å². The predicted molar refractivity (Wildman–Crippen MR) is 181 cm³/mol. The van der Waals surface area contributed by atoms with Crippen LogP contribution in [0.1, 0.15) is 64.4 Å². The van der Waals surface area contributed by atoms with E-state index in [1.54, 1.807) is 0 Å². The summed E-state index contributed by atoms with van der Waals surface area (Å²) in [5, 5.41) is 44.2. The Morgan fingerprint density at radius 1 is 1.02 bits per heavy atom. The van der Waals surface area contributed by atoms with E-state index in [1.807, 2.05) is 0 Å². The van der Waals surface area contributed by atoms with Crippen molar-refractivity contribution in [2.24, 2.45) is 17.4 Å². The summed E-state index contributed by atoms with van der Waals surface area (Å²) in [6, 6.07) is -0.370. The molecule has 5 atom stereocenters. The number of piperidine rings is 1. The molecule has 3 rings (SSSR count). The van der Waals surface area contributed by atoms with Gasteiger partial charge in [0.05, 0.1) is 12.5 Å². The van der Waals surface area contributed by atoms with Crippen LogP contribution in [0.25, 0.3) is 0 Å². The Balaban J connectivity index is 1.84. The van der Waals surface area contributed by atoms with E-state index in [1.165, 1.54) is 43.0 Å². The quantitative estimate of drug-likeness (QED) is 0.0391. The van der Waals surface area contributed by atoms with Gasteiger partial charge in [-0.25, -0.2) is 4.79 Å². The molecular formula is C33H46N8O11. The lowest BCUT2D eigenvalue weighted by molar-refractivity contribution is -0.175. The number of benzene rings is 1. The number of rotatable bonds is 16. The molecule has 2 aliphatic rings. The second kappa shape index (κ2) is 17.6. The molecule has 2 heterocycles. The van der Waals surface area contributed by atoms with Crippen molar-refractivity contribution in [3.63, 3.8) is 0 Å². The second-order valence-electron chi connectivity index (χ2n) is 13.2. The molecule has 11 N–H and O–H groups in total. The standard InChI is InChI=1S/C33H46N8O11/c1-17(2)26(30(50)41-24(44)12-11-23(43)33(41,31(51)52)16-18-7-9-19(42)10-8-18)39-27(47)21(15-25(45)46)38-28(48)22-6-4-14-40(22)29(49)20(34)5-3-13-37-32(35)36/h7-10,17,20-22,26,42H,3-6,11-16,34H2,1-2H3,(H,38,48)(H,39,47)(H,45,46)(H,51,52)(H4,35,36,37)/t20-,21-,22-,26-,33+/m0/s1. The number of aliphatic carboxylic acids is 2. The number of ketones is 1. The number of nitrogens with two attached hydrogens (primary N) is 2. The minimum atomic E-state index is -2.70. The summed E-state index contributed by atoms with van der Waals surface area (Å²) in [6.45, 7) is 3.40. The molecule has 2 saturated heterocycles. The number of phenols is 1. The molecule has 1 aromatic rings. The first-order valence-corrected chi connectivity index (χ1v) is 16.8. The molecular weight excluding hydrogens is 684 g/mol. The molecule has 1 aromatic carbocycles. The van der Waals surface area contributed by atoms with Crippen molar-refractivity contribution in [3.8, 4) is 5.75 Å². The Labute approximate surface area is 298 Å². The van der Waals surface area contributed by atoms with Crippen LogP contribution in [0.15, 0.2) is 24.3 Å². The molecule has 0 spiro atoms. The summed E-state index contributed by atoms with van der Waals surface area (Å²) in [4.78, 5) is 107. The summed E-state index contributed by atoms with van der Waals surface area (Å²) in [6.07, 6.45) is -1.32. The van der Waals surface area contributed by atoms with E-state index in [9.17, 15) is 53.7 Å². The third-order valence-electron chi connectivity index (χ3n) is 9.03. The number of hydrogen-bond acceptors (Lipinski definition) is 11. The van der Waals surface area contributed by atoms with E-state index >= 15 is 0 Å². The van der Waals surface area contributed by atoms with Crippen LogP contribution >= 0.6 is 0 Å². The number of carboxylic acid groups (broad SMARTS) is 2. The molecule has 0 unspecified atom stereocenters. The van der Waals surface area contributed by atoms with Crippen LogP contribution in [0.4, 0.5) is 0 Å². The van der Waals surface area contributed by atoms with Crippen LogP contribution < -0.4 is 27.4 Å². The average molecular weight is 731 g/mol. The van der Waals surface area contributed by atoms with Crippen molar-refractivity contribution in [3.05, 3.63) is 29.8 Å².